The molecule has 1 aromatic carbocycles. The smallest absolute Gasteiger partial charge is 0.295 e. The first-order valence-corrected chi connectivity index (χ1v) is 7.14. The van der Waals surface area contributed by atoms with Crippen LogP contribution in [0.2, 0.25) is 0 Å². The molecule has 0 fully saturated rings. The van der Waals surface area contributed by atoms with E-state index < -0.39 is 10.7 Å². The third-order valence-corrected chi connectivity index (χ3v) is 3.72. The summed E-state index contributed by atoms with van der Waals surface area (Å²) in [4.78, 5) is 10.3. The van der Waals surface area contributed by atoms with Gasteiger partial charge >= 0.3 is 0 Å². The van der Waals surface area contributed by atoms with Crippen molar-refractivity contribution in [1.29, 1.82) is 0 Å². The molecule has 0 atom stereocenters. The lowest BCUT2D eigenvalue weighted by atomic mass is 10.1. The zero-order chi connectivity index (χ0) is 15.4. The van der Waals surface area contributed by atoms with E-state index in [1.54, 1.807) is 6.20 Å². The van der Waals surface area contributed by atoms with Crippen molar-refractivity contribution < 1.29 is 9.31 Å². The highest BCUT2D eigenvalue weighted by Crippen LogP contribution is 2.30. The van der Waals surface area contributed by atoms with Gasteiger partial charge in [0.25, 0.3) is 5.69 Å². The van der Waals surface area contributed by atoms with E-state index in [2.05, 4.69) is 31.4 Å². The number of aromatic amines is 1. The van der Waals surface area contributed by atoms with Crippen molar-refractivity contribution in [3.05, 3.63) is 50.0 Å². The Kier molecular flexibility index (Phi) is 4.89. The van der Waals surface area contributed by atoms with Crippen LogP contribution < -0.4 is 5.32 Å². The number of nitrogens with one attached hydrogen (secondary N) is 2. The molecule has 0 unspecified atom stereocenters. The van der Waals surface area contributed by atoms with Crippen LogP contribution in [-0.4, -0.2) is 21.7 Å². The van der Waals surface area contributed by atoms with Crippen LogP contribution in [-0.2, 0) is 6.42 Å². The lowest BCUT2D eigenvalue weighted by Crippen LogP contribution is -2.06. The lowest BCUT2D eigenvalue weighted by molar-refractivity contribution is -0.384. The molecule has 2 N–H and O–H groups in total. The van der Waals surface area contributed by atoms with Gasteiger partial charge in [0, 0.05) is 12.2 Å². The van der Waals surface area contributed by atoms with E-state index in [9.17, 15) is 14.5 Å². The molecule has 0 aliphatic carbocycles. The molecule has 0 bridgehead atoms. The Balaban J connectivity index is 1.98. The van der Waals surface area contributed by atoms with Gasteiger partial charge in [0.1, 0.15) is 11.5 Å². The Morgan fingerprint density at radius 2 is 2.29 bits per heavy atom. The summed E-state index contributed by atoms with van der Waals surface area (Å²) in [5.41, 5.74) is 2.17. The number of aryl methyl sites for hydroxylation is 2. The molecule has 112 valence electrons. The van der Waals surface area contributed by atoms with E-state index in [1.165, 1.54) is 6.07 Å². The molecule has 1 heterocycles. The van der Waals surface area contributed by atoms with Crippen molar-refractivity contribution in [3.63, 3.8) is 0 Å². The highest BCUT2D eigenvalue weighted by molar-refractivity contribution is 9.10. The fraction of sp³-hybridized carbons (Fsp3) is 0.308. The van der Waals surface area contributed by atoms with E-state index >= 15 is 0 Å². The first-order valence-electron chi connectivity index (χ1n) is 6.35. The molecule has 0 saturated carbocycles. The molecule has 0 spiro atoms. The number of nitrogens with zero attached hydrogens (tertiary/aromatic N) is 2. The Morgan fingerprint density at radius 3 is 2.90 bits per heavy atom. The van der Waals surface area contributed by atoms with Crippen LogP contribution in [0.4, 0.5) is 15.8 Å². The summed E-state index contributed by atoms with van der Waals surface area (Å²) in [6, 6.07) is 2.29. The average Bonchev–Trinajstić information content (AvgIpc) is 2.83. The standard InChI is InChI=1S/C13H14BrFN4O2/c1-8-9(7-17-18-8)3-2-4-16-12-5-10(14)11(15)6-13(12)19(20)21/h5-7,16H,2-4H2,1H3,(H,17,18). The fourth-order valence-electron chi connectivity index (χ4n) is 1.96. The quantitative estimate of drug-likeness (QED) is 0.470. The highest BCUT2D eigenvalue weighted by Gasteiger charge is 2.17. The molecule has 2 aromatic rings. The maximum Gasteiger partial charge on any atom is 0.295 e. The topological polar surface area (TPSA) is 83.8 Å². The number of aromatic nitrogens is 2. The number of halogens is 2. The largest absolute Gasteiger partial charge is 0.379 e. The van der Waals surface area contributed by atoms with Gasteiger partial charge in [0.2, 0.25) is 0 Å². The second kappa shape index (κ2) is 6.66. The number of hydrogen-bond acceptors (Lipinski definition) is 4. The predicted molar refractivity (Wildman–Crippen MR) is 80.9 cm³/mol. The molecular weight excluding hydrogens is 343 g/mol. The second-order valence-electron chi connectivity index (χ2n) is 4.59. The zero-order valence-electron chi connectivity index (χ0n) is 11.3. The Bertz CT molecular complexity index is 660. The van der Waals surface area contributed by atoms with E-state index in [4.69, 9.17) is 0 Å². The van der Waals surface area contributed by atoms with Crippen LogP contribution >= 0.6 is 15.9 Å². The Hall–Kier alpha value is -1.96. The Labute approximate surface area is 129 Å². The number of rotatable bonds is 6. The zero-order valence-corrected chi connectivity index (χ0v) is 12.9. The molecule has 21 heavy (non-hydrogen) atoms. The molecule has 6 nitrogen and oxygen atoms in total. The molecule has 0 radical (unpaired) electrons. The Morgan fingerprint density at radius 1 is 1.52 bits per heavy atom. The monoisotopic (exact) mass is 356 g/mol. The van der Waals surface area contributed by atoms with Gasteiger partial charge in [-0.25, -0.2) is 4.39 Å². The third-order valence-electron chi connectivity index (χ3n) is 3.11. The van der Waals surface area contributed by atoms with E-state index in [0.29, 0.717) is 12.2 Å². The van der Waals surface area contributed by atoms with E-state index in [0.717, 1.165) is 30.2 Å². The molecule has 2 rings (SSSR count). The third kappa shape index (κ3) is 3.78. The molecule has 0 saturated heterocycles. The van der Waals surface area contributed by atoms with Crippen molar-refractivity contribution in [2.24, 2.45) is 0 Å². The molecule has 0 aliphatic heterocycles. The molecule has 8 heteroatoms. The first-order chi connectivity index (χ1) is 9.99. The maximum absolute atomic E-state index is 13.3. The lowest BCUT2D eigenvalue weighted by Gasteiger charge is -2.08. The van der Waals surface area contributed by atoms with Gasteiger partial charge in [0.15, 0.2) is 0 Å². The molecule has 1 aromatic heterocycles. The summed E-state index contributed by atoms with van der Waals surface area (Å²) in [7, 11) is 0. The van der Waals surface area contributed by atoms with Crippen LogP contribution in [0.3, 0.4) is 0 Å². The molecular formula is C13H14BrFN4O2. The van der Waals surface area contributed by atoms with Gasteiger partial charge in [-0.15, -0.1) is 0 Å². The van der Waals surface area contributed by atoms with Crippen molar-refractivity contribution in [3.8, 4) is 0 Å². The summed E-state index contributed by atoms with van der Waals surface area (Å²) >= 11 is 3.03. The van der Waals surface area contributed by atoms with Crippen molar-refractivity contribution in [2.75, 3.05) is 11.9 Å². The SMILES string of the molecule is Cc1[nH]ncc1CCCNc1cc(Br)c(F)cc1[N+](=O)[O-]. The summed E-state index contributed by atoms with van der Waals surface area (Å²) < 4.78 is 13.5. The van der Waals surface area contributed by atoms with E-state index in [1.807, 2.05) is 6.92 Å². The van der Waals surface area contributed by atoms with Crippen LogP contribution in [0, 0.1) is 22.9 Å². The number of nitro groups is 1. The van der Waals surface area contributed by atoms with Crippen LogP contribution in [0.25, 0.3) is 0 Å². The highest BCUT2D eigenvalue weighted by atomic mass is 79.9. The van der Waals surface area contributed by atoms with Crippen molar-refractivity contribution in [2.45, 2.75) is 19.8 Å². The number of anilines is 1. The number of nitro benzene ring substituents is 1. The van der Waals surface area contributed by atoms with Crippen molar-refractivity contribution >= 4 is 27.3 Å². The van der Waals surface area contributed by atoms with Crippen LogP contribution in [0.5, 0.6) is 0 Å². The predicted octanol–water partition coefficient (Wildman–Crippen LogP) is 3.57. The summed E-state index contributed by atoms with van der Waals surface area (Å²) in [6.07, 6.45) is 3.37. The maximum atomic E-state index is 13.3. The molecule has 0 amide bonds. The van der Waals surface area contributed by atoms with Crippen LogP contribution in [0.15, 0.2) is 22.8 Å². The van der Waals surface area contributed by atoms with Crippen LogP contribution in [0.1, 0.15) is 17.7 Å². The minimum atomic E-state index is -0.652. The minimum absolute atomic E-state index is 0.196. The van der Waals surface area contributed by atoms with E-state index in [-0.39, 0.29) is 10.2 Å². The minimum Gasteiger partial charge on any atom is -0.379 e. The van der Waals surface area contributed by atoms with Gasteiger partial charge < -0.3 is 5.32 Å². The second-order valence-corrected chi connectivity index (χ2v) is 5.45. The van der Waals surface area contributed by atoms with Gasteiger partial charge in [-0.3, -0.25) is 15.2 Å². The van der Waals surface area contributed by atoms with Gasteiger partial charge in [0.05, 0.1) is 21.7 Å². The first kappa shape index (κ1) is 15.4. The average molecular weight is 357 g/mol. The normalized spacial score (nSPS) is 10.6. The van der Waals surface area contributed by atoms with Crippen molar-refractivity contribution in [1.82, 2.24) is 10.2 Å². The summed E-state index contributed by atoms with van der Waals surface area (Å²) in [5.74, 6) is -0.652. The fourth-order valence-corrected chi connectivity index (χ4v) is 2.30. The van der Waals surface area contributed by atoms with Gasteiger partial charge in [-0.2, -0.15) is 5.10 Å². The summed E-state index contributed by atoms with van der Waals surface area (Å²) in [6.45, 7) is 2.49. The van der Waals surface area contributed by atoms with Gasteiger partial charge in [-0.1, -0.05) is 0 Å². The number of benzene rings is 1. The number of hydrogen-bond donors (Lipinski definition) is 2. The number of H-pyrrole nitrogens is 1. The summed E-state index contributed by atoms with van der Waals surface area (Å²) in [5, 5.41) is 20.7. The molecule has 0 aliphatic rings. The van der Waals surface area contributed by atoms with Gasteiger partial charge in [-0.05, 0) is 47.3 Å².